The Labute approximate surface area is 165 Å². The van der Waals surface area contributed by atoms with Crippen molar-refractivity contribution in [1.82, 2.24) is 15.1 Å². The lowest BCUT2D eigenvalue weighted by Crippen LogP contribution is -2.52. The quantitative estimate of drug-likeness (QED) is 0.805. The second-order valence-electron chi connectivity index (χ2n) is 6.44. The van der Waals surface area contributed by atoms with Crippen LogP contribution in [0.3, 0.4) is 0 Å². The van der Waals surface area contributed by atoms with Crippen LogP contribution in [0.2, 0.25) is 0 Å². The molecule has 1 fully saturated rings. The average Bonchev–Trinajstić information content (AvgIpc) is 2.70. The molecule has 27 heavy (non-hydrogen) atoms. The summed E-state index contributed by atoms with van der Waals surface area (Å²) < 4.78 is 5.53. The van der Waals surface area contributed by atoms with Crippen molar-refractivity contribution in [2.75, 3.05) is 32.8 Å². The Hall–Kier alpha value is -2.44. The number of nitrogens with zero attached hydrogens (tertiary/aromatic N) is 2. The van der Waals surface area contributed by atoms with E-state index in [1.165, 1.54) is 5.56 Å². The second kappa shape index (κ2) is 9.48. The Bertz CT molecular complexity index is 774. The summed E-state index contributed by atoms with van der Waals surface area (Å²) in [6.07, 6.45) is 0. The van der Waals surface area contributed by atoms with Crippen LogP contribution in [0.5, 0.6) is 5.75 Å². The first kappa shape index (κ1) is 19.3. The summed E-state index contributed by atoms with van der Waals surface area (Å²) in [5.74, 6) is 0.351. The smallest absolute Gasteiger partial charge is 0.261 e. The summed E-state index contributed by atoms with van der Waals surface area (Å²) in [4.78, 5) is 17.0. The van der Waals surface area contributed by atoms with Gasteiger partial charge in [0.2, 0.25) is 0 Å². The van der Waals surface area contributed by atoms with Crippen LogP contribution in [0.25, 0.3) is 0 Å². The number of carbonyl (C=O) groups is 1. The summed E-state index contributed by atoms with van der Waals surface area (Å²) in [7, 11) is 0. The van der Waals surface area contributed by atoms with Gasteiger partial charge in [0.25, 0.3) is 5.91 Å². The highest BCUT2D eigenvalue weighted by Crippen LogP contribution is 2.18. The third kappa shape index (κ3) is 5.28. The molecule has 2 aromatic rings. The molecule has 2 aromatic carbocycles. The monoisotopic (exact) mass is 383 g/mol. The van der Waals surface area contributed by atoms with Crippen molar-refractivity contribution < 1.29 is 9.53 Å². The molecule has 6 heteroatoms. The van der Waals surface area contributed by atoms with E-state index in [2.05, 4.69) is 39.4 Å². The molecule has 0 radical (unpaired) electrons. The zero-order chi connectivity index (χ0) is 19.1. The first-order valence-corrected chi connectivity index (χ1v) is 9.66. The Morgan fingerprint density at radius 1 is 1.04 bits per heavy atom. The van der Waals surface area contributed by atoms with Crippen LogP contribution in [0.1, 0.15) is 22.8 Å². The van der Waals surface area contributed by atoms with Crippen LogP contribution >= 0.6 is 12.2 Å². The van der Waals surface area contributed by atoms with E-state index in [0.717, 1.165) is 32.7 Å². The third-order valence-corrected chi connectivity index (χ3v) is 4.92. The maximum Gasteiger partial charge on any atom is 0.261 e. The van der Waals surface area contributed by atoms with Crippen LogP contribution in [0, 0.1) is 0 Å². The van der Waals surface area contributed by atoms with Crippen molar-refractivity contribution in [2.24, 2.45) is 0 Å². The van der Waals surface area contributed by atoms with Gasteiger partial charge in [-0.25, -0.2) is 0 Å². The van der Waals surface area contributed by atoms with Gasteiger partial charge < -0.3 is 9.64 Å². The lowest BCUT2D eigenvalue weighted by Gasteiger charge is -2.36. The number of benzene rings is 2. The Morgan fingerprint density at radius 3 is 2.41 bits per heavy atom. The molecule has 1 saturated heterocycles. The number of rotatable bonds is 5. The number of piperazine rings is 1. The predicted molar refractivity (Wildman–Crippen MR) is 111 cm³/mol. The summed E-state index contributed by atoms with van der Waals surface area (Å²) >= 11 is 5.46. The van der Waals surface area contributed by atoms with Crippen molar-refractivity contribution >= 4 is 23.2 Å². The highest BCUT2D eigenvalue weighted by Gasteiger charge is 2.21. The van der Waals surface area contributed by atoms with E-state index < -0.39 is 0 Å². The van der Waals surface area contributed by atoms with Gasteiger partial charge in [0.05, 0.1) is 12.2 Å². The molecule has 0 unspecified atom stereocenters. The van der Waals surface area contributed by atoms with Gasteiger partial charge in [0.15, 0.2) is 5.11 Å². The zero-order valence-corrected chi connectivity index (χ0v) is 16.4. The average molecular weight is 384 g/mol. The van der Waals surface area contributed by atoms with E-state index in [-0.39, 0.29) is 5.91 Å². The van der Waals surface area contributed by atoms with E-state index in [9.17, 15) is 4.79 Å². The fraction of sp³-hybridized carbons (Fsp3) is 0.333. The van der Waals surface area contributed by atoms with Gasteiger partial charge in [-0.05, 0) is 36.8 Å². The maximum atomic E-state index is 12.6. The highest BCUT2D eigenvalue weighted by atomic mass is 32.1. The molecule has 0 bridgehead atoms. The highest BCUT2D eigenvalue weighted by molar-refractivity contribution is 7.80. The SMILES string of the molecule is CCOc1ccccc1C(=O)NC(=S)N1CCN(Cc2ccccc2)CC1. The molecule has 0 aromatic heterocycles. The first-order valence-electron chi connectivity index (χ1n) is 9.25. The number of thiocarbonyl (C=S) groups is 1. The number of nitrogens with one attached hydrogen (secondary N) is 1. The van der Waals surface area contributed by atoms with Crippen LogP contribution in [0.4, 0.5) is 0 Å². The molecule has 5 nitrogen and oxygen atoms in total. The van der Waals surface area contributed by atoms with E-state index in [1.807, 2.05) is 25.1 Å². The molecule has 1 N–H and O–H groups in total. The molecule has 1 amide bonds. The number of ether oxygens (including phenoxy) is 1. The normalized spacial score (nSPS) is 14.6. The van der Waals surface area contributed by atoms with Gasteiger partial charge in [0, 0.05) is 32.7 Å². The molecule has 1 aliphatic heterocycles. The summed E-state index contributed by atoms with van der Waals surface area (Å²) in [5.41, 5.74) is 1.82. The molecule has 1 aliphatic rings. The molecule has 0 aliphatic carbocycles. The van der Waals surface area contributed by atoms with Crippen molar-refractivity contribution in [3.63, 3.8) is 0 Å². The van der Waals surface area contributed by atoms with Gasteiger partial charge in [0.1, 0.15) is 5.75 Å². The third-order valence-electron chi connectivity index (χ3n) is 4.56. The standard InChI is InChI=1S/C21H25N3O2S/c1-2-26-19-11-7-6-10-18(19)20(25)22-21(27)24-14-12-23(13-15-24)16-17-8-4-3-5-9-17/h3-11H,2,12-16H2,1H3,(H,22,25,27). The van der Waals surface area contributed by atoms with Crippen LogP contribution in [0.15, 0.2) is 54.6 Å². The van der Waals surface area contributed by atoms with Gasteiger partial charge in [-0.15, -0.1) is 0 Å². The molecule has 142 valence electrons. The topological polar surface area (TPSA) is 44.8 Å². The Balaban J connectivity index is 1.51. The second-order valence-corrected chi connectivity index (χ2v) is 6.82. The van der Waals surface area contributed by atoms with Crippen molar-refractivity contribution in [3.8, 4) is 5.75 Å². The summed E-state index contributed by atoms with van der Waals surface area (Å²) in [6.45, 7) is 6.79. The molecule has 0 saturated carbocycles. The van der Waals surface area contributed by atoms with Crippen molar-refractivity contribution in [1.29, 1.82) is 0 Å². The Morgan fingerprint density at radius 2 is 1.70 bits per heavy atom. The number of hydrogen-bond donors (Lipinski definition) is 1. The summed E-state index contributed by atoms with van der Waals surface area (Å²) in [6, 6.07) is 17.7. The minimum Gasteiger partial charge on any atom is -0.493 e. The van der Waals surface area contributed by atoms with Crippen LogP contribution in [-0.4, -0.2) is 53.6 Å². The molecule has 0 atom stereocenters. The zero-order valence-electron chi connectivity index (χ0n) is 15.6. The van der Waals surface area contributed by atoms with Gasteiger partial charge in [-0.1, -0.05) is 42.5 Å². The van der Waals surface area contributed by atoms with Gasteiger partial charge >= 0.3 is 0 Å². The largest absolute Gasteiger partial charge is 0.493 e. The number of hydrogen-bond acceptors (Lipinski definition) is 4. The molecule has 1 heterocycles. The van der Waals surface area contributed by atoms with Crippen LogP contribution < -0.4 is 10.1 Å². The lowest BCUT2D eigenvalue weighted by atomic mass is 10.2. The molecule has 3 rings (SSSR count). The van der Waals surface area contributed by atoms with E-state index in [4.69, 9.17) is 17.0 Å². The fourth-order valence-corrected chi connectivity index (χ4v) is 3.41. The van der Waals surface area contributed by atoms with E-state index in [0.29, 0.717) is 23.0 Å². The number of para-hydroxylation sites is 1. The van der Waals surface area contributed by atoms with Gasteiger partial charge in [-0.2, -0.15) is 0 Å². The van der Waals surface area contributed by atoms with Crippen molar-refractivity contribution in [2.45, 2.75) is 13.5 Å². The minimum atomic E-state index is -0.226. The first-order chi connectivity index (χ1) is 13.2. The minimum absolute atomic E-state index is 0.226. The Kier molecular flexibility index (Phi) is 6.79. The van der Waals surface area contributed by atoms with E-state index in [1.54, 1.807) is 12.1 Å². The molecular formula is C21H25N3O2S. The van der Waals surface area contributed by atoms with E-state index >= 15 is 0 Å². The molecular weight excluding hydrogens is 358 g/mol. The van der Waals surface area contributed by atoms with Crippen LogP contribution in [-0.2, 0) is 6.54 Å². The lowest BCUT2D eigenvalue weighted by molar-refractivity contribution is 0.0965. The van der Waals surface area contributed by atoms with Crippen molar-refractivity contribution in [3.05, 3.63) is 65.7 Å². The number of amides is 1. The predicted octanol–water partition coefficient (Wildman–Crippen LogP) is 2.92. The van der Waals surface area contributed by atoms with Gasteiger partial charge in [-0.3, -0.25) is 15.0 Å². The fourth-order valence-electron chi connectivity index (χ4n) is 3.13. The number of carbonyl (C=O) groups excluding carboxylic acids is 1. The summed E-state index contributed by atoms with van der Waals surface area (Å²) in [5, 5.41) is 3.33. The molecule has 0 spiro atoms. The maximum absolute atomic E-state index is 12.6.